The molecular weight excluding hydrogens is 430 g/mol. The molecule has 2 aromatic carbocycles. The molecule has 1 aliphatic carbocycles. The predicted octanol–water partition coefficient (Wildman–Crippen LogP) is 3.72. The molecule has 0 bridgehead atoms. The van der Waals surface area contributed by atoms with E-state index in [1.807, 2.05) is 52.0 Å². The van der Waals surface area contributed by atoms with Gasteiger partial charge in [-0.25, -0.2) is 4.68 Å². The molecule has 2 aliphatic rings. The highest BCUT2D eigenvalue weighted by molar-refractivity contribution is 5.97. The average Bonchev–Trinajstić information content (AvgIpc) is 3.56. The molecule has 1 saturated heterocycles. The summed E-state index contributed by atoms with van der Waals surface area (Å²) >= 11 is 0. The highest BCUT2D eigenvalue weighted by atomic mass is 16.5. The molecule has 0 atom stereocenters. The van der Waals surface area contributed by atoms with Crippen molar-refractivity contribution < 1.29 is 14.3 Å². The number of aromatic nitrogens is 3. The molecule has 0 unspecified atom stereocenters. The van der Waals surface area contributed by atoms with Crippen LogP contribution in [0.4, 0.5) is 0 Å². The predicted molar refractivity (Wildman–Crippen MR) is 129 cm³/mol. The van der Waals surface area contributed by atoms with Crippen molar-refractivity contribution >= 4 is 22.8 Å². The minimum Gasteiger partial charge on any atom is -0.497 e. The minimum atomic E-state index is -0.0801. The van der Waals surface area contributed by atoms with Crippen LogP contribution in [0.1, 0.15) is 60.5 Å². The normalized spacial score (nSPS) is 17.3. The number of hydrogen-bond donors (Lipinski definition) is 1. The summed E-state index contributed by atoms with van der Waals surface area (Å²) in [5.41, 5.74) is 3.40. The molecule has 0 radical (unpaired) electrons. The molecule has 1 aromatic heterocycles. The number of fused-ring (bicyclic) bond motifs is 1. The zero-order valence-electron chi connectivity index (χ0n) is 19.6. The van der Waals surface area contributed by atoms with Crippen LogP contribution in [0.5, 0.6) is 5.75 Å². The third kappa shape index (κ3) is 4.62. The van der Waals surface area contributed by atoms with Gasteiger partial charge in [0.25, 0.3) is 5.91 Å². The van der Waals surface area contributed by atoms with Gasteiger partial charge in [0.05, 0.1) is 18.7 Å². The number of ether oxygens (including phenoxy) is 1. The highest BCUT2D eigenvalue weighted by Crippen LogP contribution is 2.31. The Morgan fingerprint density at radius 1 is 1.06 bits per heavy atom. The first-order valence-electron chi connectivity index (χ1n) is 12.2. The van der Waals surface area contributed by atoms with E-state index in [0.29, 0.717) is 44.1 Å². The molecule has 8 heteroatoms. The van der Waals surface area contributed by atoms with Gasteiger partial charge in [-0.15, -0.1) is 5.10 Å². The van der Waals surface area contributed by atoms with Crippen LogP contribution >= 0.6 is 0 Å². The van der Waals surface area contributed by atoms with Gasteiger partial charge in [0.15, 0.2) is 0 Å². The van der Waals surface area contributed by atoms with Gasteiger partial charge in [0.2, 0.25) is 5.91 Å². The van der Waals surface area contributed by atoms with Gasteiger partial charge in [-0.1, -0.05) is 30.2 Å². The summed E-state index contributed by atoms with van der Waals surface area (Å²) < 4.78 is 7.26. The van der Waals surface area contributed by atoms with Gasteiger partial charge in [-0.3, -0.25) is 9.59 Å². The quantitative estimate of drug-likeness (QED) is 0.604. The zero-order chi connectivity index (χ0) is 23.5. The number of carbonyl (C=O) groups is 2. The largest absolute Gasteiger partial charge is 0.497 e. The zero-order valence-corrected chi connectivity index (χ0v) is 19.6. The van der Waals surface area contributed by atoms with Crippen molar-refractivity contribution in [1.82, 2.24) is 25.2 Å². The lowest BCUT2D eigenvalue weighted by molar-refractivity contribution is -0.126. The maximum Gasteiger partial charge on any atom is 0.253 e. The van der Waals surface area contributed by atoms with Crippen LogP contribution in [0.15, 0.2) is 42.5 Å². The molecule has 34 heavy (non-hydrogen) atoms. The SMILES string of the molecule is COc1cccc(CNC(=O)C2CCN(C(=O)c3ccc4c(c3)nnn4C3CCCC3)CC2)c1. The van der Waals surface area contributed by atoms with Gasteiger partial charge < -0.3 is 15.0 Å². The lowest BCUT2D eigenvalue weighted by atomic mass is 9.95. The highest BCUT2D eigenvalue weighted by Gasteiger charge is 2.28. The first kappa shape index (κ1) is 22.4. The number of rotatable bonds is 6. The van der Waals surface area contributed by atoms with Crippen molar-refractivity contribution in [3.63, 3.8) is 0 Å². The number of nitrogens with zero attached hydrogens (tertiary/aromatic N) is 4. The smallest absolute Gasteiger partial charge is 0.253 e. The Morgan fingerprint density at radius 2 is 1.85 bits per heavy atom. The van der Waals surface area contributed by atoms with Crippen molar-refractivity contribution in [2.24, 2.45) is 5.92 Å². The molecule has 3 aromatic rings. The summed E-state index contributed by atoms with van der Waals surface area (Å²) in [6.07, 6.45) is 6.07. The molecular formula is C26H31N5O3. The van der Waals surface area contributed by atoms with E-state index < -0.39 is 0 Å². The van der Waals surface area contributed by atoms with Gasteiger partial charge in [0.1, 0.15) is 11.3 Å². The van der Waals surface area contributed by atoms with Gasteiger partial charge >= 0.3 is 0 Å². The molecule has 1 saturated carbocycles. The van der Waals surface area contributed by atoms with Crippen molar-refractivity contribution in [2.75, 3.05) is 20.2 Å². The van der Waals surface area contributed by atoms with Crippen LogP contribution in [0.2, 0.25) is 0 Å². The lowest BCUT2D eigenvalue weighted by Crippen LogP contribution is -2.42. The molecule has 2 heterocycles. The van der Waals surface area contributed by atoms with Crippen LogP contribution in [0.3, 0.4) is 0 Å². The van der Waals surface area contributed by atoms with E-state index in [9.17, 15) is 9.59 Å². The number of nitrogens with one attached hydrogen (secondary N) is 1. The van der Waals surface area contributed by atoms with Crippen molar-refractivity contribution in [3.05, 3.63) is 53.6 Å². The van der Waals surface area contributed by atoms with Gasteiger partial charge in [0, 0.05) is 31.1 Å². The van der Waals surface area contributed by atoms with Crippen LogP contribution in [0, 0.1) is 5.92 Å². The summed E-state index contributed by atoms with van der Waals surface area (Å²) in [4.78, 5) is 27.6. The number of benzene rings is 2. The topological polar surface area (TPSA) is 89.3 Å². The standard InChI is InChI=1S/C26H31N5O3/c1-34-22-8-4-5-18(15-22)17-27-25(32)19-11-13-30(14-12-19)26(33)20-9-10-24-23(16-20)28-29-31(24)21-6-2-3-7-21/h4-5,8-10,15-16,19,21H,2-3,6-7,11-14,17H2,1H3,(H,27,32). The molecule has 178 valence electrons. The van der Waals surface area contributed by atoms with E-state index in [1.54, 1.807) is 7.11 Å². The monoisotopic (exact) mass is 461 g/mol. The maximum atomic E-state index is 13.1. The summed E-state index contributed by atoms with van der Waals surface area (Å²) in [6.45, 7) is 1.61. The molecule has 5 rings (SSSR count). The Balaban J connectivity index is 1.16. The van der Waals surface area contributed by atoms with Crippen LogP contribution in [-0.4, -0.2) is 51.9 Å². The van der Waals surface area contributed by atoms with E-state index in [4.69, 9.17) is 4.74 Å². The minimum absolute atomic E-state index is 0.00689. The van der Waals surface area contributed by atoms with E-state index >= 15 is 0 Å². The Labute approximate surface area is 199 Å². The van der Waals surface area contributed by atoms with Gasteiger partial charge in [-0.05, 0) is 61.6 Å². The Kier molecular flexibility index (Phi) is 6.47. The number of amides is 2. The molecule has 8 nitrogen and oxygen atoms in total. The number of methoxy groups -OCH3 is 1. The fraction of sp³-hybridized carbons (Fsp3) is 0.462. The second kappa shape index (κ2) is 9.83. The van der Waals surface area contributed by atoms with E-state index in [-0.39, 0.29) is 17.7 Å². The molecule has 0 spiro atoms. The van der Waals surface area contributed by atoms with Crippen LogP contribution in [-0.2, 0) is 11.3 Å². The first-order valence-corrected chi connectivity index (χ1v) is 12.2. The summed E-state index contributed by atoms with van der Waals surface area (Å²) in [6, 6.07) is 13.8. The summed E-state index contributed by atoms with van der Waals surface area (Å²) in [7, 11) is 1.63. The van der Waals surface area contributed by atoms with Crippen LogP contribution < -0.4 is 10.1 Å². The third-order valence-electron chi connectivity index (χ3n) is 7.14. The summed E-state index contributed by atoms with van der Waals surface area (Å²) in [5.74, 6) is 0.730. The Bertz CT molecular complexity index is 1180. The second-order valence-electron chi connectivity index (χ2n) is 9.31. The first-order chi connectivity index (χ1) is 16.6. The second-order valence-corrected chi connectivity index (χ2v) is 9.31. The Hall–Kier alpha value is -3.42. The van der Waals surface area contributed by atoms with E-state index in [0.717, 1.165) is 35.2 Å². The fourth-order valence-electron chi connectivity index (χ4n) is 5.14. The van der Waals surface area contributed by atoms with Crippen molar-refractivity contribution in [2.45, 2.75) is 51.1 Å². The molecule has 2 amide bonds. The lowest BCUT2D eigenvalue weighted by Gasteiger charge is -2.31. The van der Waals surface area contributed by atoms with Crippen molar-refractivity contribution in [1.29, 1.82) is 0 Å². The van der Waals surface area contributed by atoms with Gasteiger partial charge in [-0.2, -0.15) is 0 Å². The van der Waals surface area contributed by atoms with Crippen LogP contribution in [0.25, 0.3) is 11.0 Å². The van der Waals surface area contributed by atoms with E-state index in [2.05, 4.69) is 15.6 Å². The summed E-state index contributed by atoms with van der Waals surface area (Å²) in [5, 5.41) is 11.7. The Morgan fingerprint density at radius 3 is 2.62 bits per heavy atom. The average molecular weight is 462 g/mol. The maximum absolute atomic E-state index is 13.1. The molecule has 2 fully saturated rings. The number of piperidine rings is 1. The number of carbonyl (C=O) groups excluding carboxylic acids is 2. The molecule has 1 aliphatic heterocycles. The number of likely N-dealkylation sites (tertiary alicyclic amines) is 1. The van der Waals surface area contributed by atoms with E-state index in [1.165, 1.54) is 12.8 Å². The number of hydrogen-bond acceptors (Lipinski definition) is 5. The fourth-order valence-corrected chi connectivity index (χ4v) is 5.14. The third-order valence-corrected chi connectivity index (χ3v) is 7.14. The molecule has 1 N–H and O–H groups in total. The van der Waals surface area contributed by atoms with Crippen molar-refractivity contribution in [3.8, 4) is 5.75 Å².